The van der Waals surface area contributed by atoms with Gasteiger partial charge in [0.15, 0.2) is 0 Å². The van der Waals surface area contributed by atoms with Gasteiger partial charge >= 0.3 is 0 Å². The summed E-state index contributed by atoms with van der Waals surface area (Å²) in [6.07, 6.45) is 0. The number of carbonyl (C=O) groups is 2. The van der Waals surface area contributed by atoms with Gasteiger partial charge < -0.3 is 16.0 Å². The summed E-state index contributed by atoms with van der Waals surface area (Å²) in [5.41, 5.74) is 6.69. The quantitative estimate of drug-likeness (QED) is 0.831. The Morgan fingerprint density at radius 2 is 2.21 bits per heavy atom. The van der Waals surface area contributed by atoms with Crippen LogP contribution in [0.1, 0.15) is 15.9 Å². The Balaban J connectivity index is 2.28. The Morgan fingerprint density at radius 1 is 1.47 bits per heavy atom. The predicted octanol–water partition coefficient (Wildman–Crippen LogP) is 0.548. The van der Waals surface area contributed by atoms with Gasteiger partial charge in [-0.05, 0) is 30.7 Å². The minimum Gasteiger partial charge on any atom is -0.368 e. The van der Waals surface area contributed by atoms with Crippen LogP contribution in [-0.2, 0) is 4.79 Å². The predicted molar refractivity (Wildman–Crippen MR) is 73.1 cm³/mol. The maximum atomic E-state index is 12.5. The zero-order valence-corrected chi connectivity index (χ0v) is 11.4. The minimum atomic E-state index is -0.601. The minimum absolute atomic E-state index is 0.181. The highest BCUT2D eigenvalue weighted by Crippen LogP contribution is 2.18. The highest BCUT2D eigenvalue weighted by Gasteiger charge is 2.31. The number of rotatable bonds is 2. The summed E-state index contributed by atoms with van der Waals surface area (Å²) in [6.45, 7) is 3.34. The van der Waals surface area contributed by atoms with Crippen LogP contribution in [0.5, 0.6) is 0 Å². The van der Waals surface area contributed by atoms with Crippen molar-refractivity contribution in [2.24, 2.45) is 5.73 Å². The zero-order valence-electron chi connectivity index (χ0n) is 10.6. The number of primary amides is 1. The molecule has 1 aliphatic heterocycles. The number of hydrogen-bond donors (Lipinski definition) is 2. The SMILES string of the molecule is Cc1cc(Cl)ccc1C(=O)N1CCNCC1C(N)=O. The van der Waals surface area contributed by atoms with E-state index in [0.29, 0.717) is 30.2 Å². The number of nitrogens with one attached hydrogen (secondary N) is 1. The van der Waals surface area contributed by atoms with E-state index < -0.39 is 11.9 Å². The maximum Gasteiger partial charge on any atom is 0.254 e. The highest BCUT2D eigenvalue weighted by atomic mass is 35.5. The average Bonchev–Trinajstić information content (AvgIpc) is 2.38. The Kier molecular flexibility index (Phi) is 4.07. The molecule has 0 aliphatic carbocycles. The number of amides is 2. The van der Waals surface area contributed by atoms with Crippen molar-refractivity contribution in [2.45, 2.75) is 13.0 Å². The molecule has 0 spiro atoms. The standard InChI is InChI=1S/C13H16ClN3O2/c1-8-6-9(14)2-3-10(8)13(19)17-5-4-16-7-11(17)12(15)18/h2-3,6,11,16H,4-5,7H2,1H3,(H2,15,18). The van der Waals surface area contributed by atoms with Crippen molar-refractivity contribution in [3.63, 3.8) is 0 Å². The molecule has 0 radical (unpaired) electrons. The van der Waals surface area contributed by atoms with Gasteiger partial charge in [0.05, 0.1) is 0 Å². The molecule has 1 unspecified atom stereocenters. The number of benzene rings is 1. The largest absolute Gasteiger partial charge is 0.368 e. The molecule has 2 rings (SSSR count). The fourth-order valence-corrected chi connectivity index (χ4v) is 2.45. The van der Waals surface area contributed by atoms with E-state index in [2.05, 4.69) is 5.32 Å². The molecule has 3 N–H and O–H groups in total. The second-order valence-corrected chi connectivity index (χ2v) is 5.02. The van der Waals surface area contributed by atoms with Crippen LogP contribution < -0.4 is 11.1 Å². The fraction of sp³-hybridized carbons (Fsp3) is 0.385. The molecular formula is C13H16ClN3O2. The molecule has 1 atom stereocenters. The first-order chi connectivity index (χ1) is 9.00. The normalized spacial score (nSPS) is 19.3. The Morgan fingerprint density at radius 3 is 2.84 bits per heavy atom. The van der Waals surface area contributed by atoms with E-state index in [1.807, 2.05) is 6.92 Å². The molecule has 0 bridgehead atoms. The van der Waals surface area contributed by atoms with Crippen molar-refractivity contribution >= 4 is 23.4 Å². The van der Waals surface area contributed by atoms with Gasteiger partial charge in [-0.1, -0.05) is 11.6 Å². The van der Waals surface area contributed by atoms with Crippen LogP contribution in [0.4, 0.5) is 0 Å². The highest BCUT2D eigenvalue weighted by molar-refractivity contribution is 6.30. The van der Waals surface area contributed by atoms with E-state index in [-0.39, 0.29) is 5.91 Å². The first kappa shape index (κ1) is 13.8. The molecule has 0 aromatic heterocycles. The van der Waals surface area contributed by atoms with Gasteiger partial charge in [-0.25, -0.2) is 0 Å². The summed E-state index contributed by atoms with van der Waals surface area (Å²) in [5.74, 6) is -0.674. The van der Waals surface area contributed by atoms with E-state index in [1.165, 1.54) is 4.90 Å². The summed E-state index contributed by atoms with van der Waals surface area (Å²) >= 11 is 5.88. The van der Waals surface area contributed by atoms with Gasteiger partial charge in [-0.2, -0.15) is 0 Å². The Labute approximate surface area is 116 Å². The number of piperazine rings is 1. The fourth-order valence-electron chi connectivity index (χ4n) is 2.22. The van der Waals surface area contributed by atoms with Crippen LogP contribution in [0.3, 0.4) is 0 Å². The monoisotopic (exact) mass is 281 g/mol. The van der Waals surface area contributed by atoms with Gasteiger partial charge in [0.1, 0.15) is 6.04 Å². The van der Waals surface area contributed by atoms with Crippen molar-refractivity contribution in [3.05, 3.63) is 34.3 Å². The molecule has 19 heavy (non-hydrogen) atoms. The lowest BCUT2D eigenvalue weighted by Crippen LogP contribution is -2.58. The summed E-state index contributed by atoms with van der Waals surface area (Å²) in [6, 6.07) is 4.48. The summed E-state index contributed by atoms with van der Waals surface area (Å²) < 4.78 is 0. The zero-order chi connectivity index (χ0) is 14.0. The average molecular weight is 282 g/mol. The topological polar surface area (TPSA) is 75.4 Å². The molecule has 1 saturated heterocycles. The molecule has 1 fully saturated rings. The van der Waals surface area contributed by atoms with E-state index in [4.69, 9.17) is 17.3 Å². The number of nitrogens with zero attached hydrogens (tertiary/aromatic N) is 1. The first-order valence-electron chi connectivity index (χ1n) is 6.08. The maximum absolute atomic E-state index is 12.5. The second-order valence-electron chi connectivity index (χ2n) is 4.58. The van der Waals surface area contributed by atoms with E-state index >= 15 is 0 Å². The van der Waals surface area contributed by atoms with E-state index in [0.717, 1.165) is 5.56 Å². The van der Waals surface area contributed by atoms with E-state index in [1.54, 1.807) is 18.2 Å². The summed E-state index contributed by atoms with van der Waals surface area (Å²) in [4.78, 5) is 25.4. The van der Waals surface area contributed by atoms with Crippen LogP contribution in [0.2, 0.25) is 5.02 Å². The van der Waals surface area contributed by atoms with E-state index in [9.17, 15) is 9.59 Å². The third-order valence-corrected chi connectivity index (χ3v) is 3.49. The first-order valence-corrected chi connectivity index (χ1v) is 6.45. The number of hydrogen-bond acceptors (Lipinski definition) is 3. The lowest BCUT2D eigenvalue weighted by molar-refractivity contribution is -0.122. The van der Waals surface area contributed by atoms with Crippen molar-refractivity contribution in [1.82, 2.24) is 10.2 Å². The van der Waals surface area contributed by atoms with Gasteiger partial charge in [0, 0.05) is 30.2 Å². The number of carbonyl (C=O) groups excluding carboxylic acids is 2. The molecule has 2 amide bonds. The molecule has 102 valence electrons. The number of aryl methyl sites for hydroxylation is 1. The third-order valence-electron chi connectivity index (χ3n) is 3.25. The molecule has 1 aromatic carbocycles. The Bertz CT molecular complexity index is 519. The second kappa shape index (κ2) is 5.59. The third kappa shape index (κ3) is 2.88. The lowest BCUT2D eigenvalue weighted by Gasteiger charge is -2.34. The molecule has 5 nitrogen and oxygen atoms in total. The van der Waals surface area contributed by atoms with Crippen molar-refractivity contribution in [1.29, 1.82) is 0 Å². The summed E-state index contributed by atoms with van der Waals surface area (Å²) in [7, 11) is 0. The van der Waals surface area contributed by atoms with Gasteiger partial charge in [-0.15, -0.1) is 0 Å². The van der Waals surface area contributed by atoms with Gasteiger partial charge in [0.25, 0.3) is 5.91 Å². The van der Waals surface area contributed by atoms with Crippen LogP contribution in [0, 0.1) is 6.92 Å². The molecular weight excluding hydrogens is 266 g/mol. The van der Waals surface area contributed by atoms with Gasteiger partial charge in [-0.3, -0.25) is 9.59 Å². The van der Waals surface area contributed by atoms with Crippen molar-refractivity contribution in [3.8, 4) is 0 Å². The van der Waals surface area contributed by atoms with Crippen molar-refractivity contribution < 1.29 is 9.59 Å². The van der Waals surface area contributed by atoms with Crippen molar-refractivity contribution in [2.75, 3.05) is 19.6 Å². The van der Waals surface area contributed by atoms with Gasteiger partial charge in [0.2, 0.25) is 5.91 Å². The van der Waals surface area contributed by atoms with Crippen LogP contribution in [-0.4, -0.2) is 42.4 Å². The Hall–Kier alpha value is -1.59. The summed E-state index contributed by atoms with van der Waals surface area (Å²) in [5, 5.41) is 3.64. The van der Waals surface area contributed by atoms with Crippen LogP contribution in [0.25, 0.3) is 0 Å². The molecule has 1 aromatic rings. The molecule has 1 aliphatic rings. The molecule has 0 saturated carbocycles. The molecule has 1 heterocycles. The van der Waals surface area contributed by atoms with Crippen LogP contribution in [0.15, 0.2) is 18.2 Å². The smallest absolute Gasteiger partial charge is 0.254 e. The number of halogens is 1. The number of nitrogens with two attached hydrogens (primary N) is 1. The lowest BCUT2D eigenvalue weighted by atomic mass is 10.1. The van der Waals surface area contributed by atoms with Crippen LogP contribution >= 0.6 is 11.6 Å². The molecule has 6 heteroatoms.